The molecule has 0 amide bonds. The first-order chi connectivity index (χ1) is 6.79. The molecule has 0 fully saturated rings. The molecule has 1 aromatic carbocycles. The lowest BCUT2D eigenvalue weighted by Crippen LogP contribution is -2.08. The van der Waals surface area contributed by atoms with Crippen molar-refractivity contribution in [1.29, 1.82) is 0 Å². The maximum atomic E-state index is 10.4. The third kappa shape index (κ3) is 1.66. The smallest absolute Gasteiger partial charge is 0.216 e. The maximum absolute atomic E-state index is 10.4. The van der Waals surface area contributed by atoms with Gasteiger partial charge in [0.15, 0.2) is 0 Å². The van der Waals surface area contributed by atoms with Gasteiger partial charge in [0.1, 0.15) is 12.4 Å². The molecule has 0 aromatic heterocycles. The fraction of sp³-hybridized carbons (Fsp3) is 0.273. The molecule has 3 nitrogen and oxygen atoms in total. The van der Waals surface area contributed by atoms with Crippen molar-refractivity contribution in [3.8, 4) is 0 Å². The summed E-state index contributed by atoms with van der Waals surface area (Å²) in [7, 11) is 0. The van der Waals surface area contributed by atoms with Crippen LogP contribution in [0.2, 0.25) is 0 Å². The molecule has 0 saturated carbocycles. The van der Waals surface area contributed by atoms with Crippen LogP contribution in [0.5, 0.6) is 0 Å². The summed E-state index contributed by atoms with van der Waals surface area (Å²) < 4.78 is 5.48. The van der Waals surface area contributed by atoms with Crippen molar-refractivity contribution >= 4 is 12.2 Å². The van der Waals surface area contributed by atoms with Crippen LogP contribution in [0.25, 0.3) is 0 Å². The molecule has 0 spiro atoms. The van der Waals surface area contributed by atoms with Crippen LogP contribution in [0.1, 0.15) is 22.8 Å². The molecule has 14 heavy (non-hydrogen) atoms. The topological polar surface area (TPSA) is 38.7 Å². The van der Waals surface area contributed by atoms with Crippen molar-refractivity contribution in [2.45, 2.75) is 13.0 Å². The number of carbonyl (C=O) groups is 1. The Kier molecular flexibility index (Phi) is 2.31. The number of hydrogen-bond donors (Lipinski definition) is 0. The summed E-state index contributed by atoms with van der Waals surface area (Å²) >= 11 is 0. The third-order valence-corrected chi connectivity index (χ3v) is 2.10. The Hall–Kier alpha value is -1.64. The van der Waals surface area contributed by atoms with Gasteiger partial charge in [-0.3, -0.25) is 4.79 Å². The van der Waals surface area contributed by atoms with Gasteiger partial charge in [0.25, 0.3) is 0 Å². The van der Waals surface area contributed by atoms with Crippen molar-refractivity contribution < 1.29 is 9.53 Å². The van der Waals surface area contributed by atoms with Crippen LogP contribution in [0.4, 0.5) is 0 Å². The van der Waals surface area contributed by atoms with E-state index in [2.05, 4.69) is 4.99 Å². The molecule has 1 aromatic rings. The summed E-state index contributed by atoms with van der Waals surface area (Å²) in [6.07, 6.45) is 0.986. The highest BCUT2D eigenvalue weighted by Crippen LogP contribution is 2.12. The number of aldehydes is 1. The largest absolute Gasteiger partial charge is 0.472 e. The van der Waals surface area contributed by atoms with Gasteiger partial charge in [0.2, 0.25) is 5.90 Å². The van der Waals surface area contributed by atoms with E-state index in [9.17, 15) is 4.79 Å². The third-order valence-electron chi connectivity index (χ3n) is 2.10. The summed E-state index contributed by atoms with van der Waals surface area (Å²) in [4.78, 5) is 14.7. The molecule has 0 saturated heterocycles. The molecule has 1 aliphatic heterocycles. The van der Waals surface area contributed by atoms with E-state index in [-0.39, 0.29) is 6.10 Å². The van der Waals surface area contributed by atoms with Crippen LogP contribution >= 0.6 is 0 Å². The Morgan fingerprint density at radius 2 is 2.14 bits per heavy atom. The second-order valence-electron chi connectivity index (χ2n) is 3.31. The number of ether oxygens (including phenoxy) is 1. The zero-order valence-corrected chi connectivity index (χ0v) is 7.93. The Morgan fingerprint density at radius 3 is 2.64 bits per heavy atom. The SMILES string of the molecule is C[C@@H]1CN=C(c2ccc(C=O)cc2)O1. The molecule has 3 heteroatoms. The highest BCUT2D eigenvalue weighted by atomic mass is 16.5. The summed E-state index contributed by atoms with van der Waals surface area (Å²) in [6, 6.07) is 7.22. The van der Waals surface area contributed by atoms with Gasteiger partial charge in [-0.1, -0.05) is 12.1 Å². The number of aliphatic imine (C=N–C) groups is 1. The molecule has 72 valence electrons. The molecular weight excluding hydrogens is 178 g/mol. The summed E-state index contributed by atoms with van der Waals surface area (Å²) in [5, 5.41) is 0. The maximum Gasteiger partial charge on any atom is 0.216 e. The highest BCUT2D eigenvalue weighted by Gasteiger charge is 2.16. The molecule has 0 radical (unpaired) electrons. The van der Waals surface area contributed by atoms with Gasteiger partial charge >= 0.3 is 0 Å². The minimum atomic E-state index is 0.163. The van der Waals surface area contributed by atoms with Crippen LogP contribution < -0.4 is 0 Å². The number of carbonyl (C=O) groups excluding carboxylic acids is 1. The molecule has 0 N–H and O–H groups in total. The van der Waals surface area contributed by atoms with Crippen molar-refractivity contribution in [3.05, 3.63) is 35.4 Å². The predicted octanol–water partition coefficient (Wildman–Crippen LogP) is 1.66. The van der Waals surface area contributed by atoms with Gasteiger partial charge in [-0.05, 0) is 19.1 Å². The van der Waals surface area contributed by atoms with Crippen molar-refractivity contribution in [3.63, 3.8) is 0 Å². The monoisotopic (exact) mass is 189 g/mol. The Balaban J connectivity index is 2.21. The molecule has 1 atom stereocenters. The van der Waals surface area contributed by atoms with Gasteiger partial charge in [-0.25, -0.2) is 4.99 Å². The minimum absolute atomic E-state index is 0.163. The Labute approximate surface area is 82.4 Å². The van der Waals surface area contributed by atoms with Crippen molar-refractivity contribution in [2.24, 2.45) is 4.99 Å². The average Bonchev–Trinajstić information content (AvgIpc) is 2.65. The van der Waals surface area contributed by atoms with Gasteiger partial charge in [0.05, 0.1) is 6.54 Å². The second kappa shape index (κ2) is 3.62. The molecule has 0 unspecified atom stereocenters. The predicted molar refractivity (Wildman–Crippen MR) is 53.8 cm³/mol. The quantitative estimate of drug-likeness (QED) is 0.664. The Morgan fingerprint density at radius 1 is 1.43 bits per heavy atom. The zero-order chi connectivity index (χ0) is 9.97. The molecule has 1 aliphatic rings. The van der Waals surface area contributed by atoms with E-state index in [0.717, 1.165) is 11.8 Å². The molecule has 2 rings (SSSR count). The first kappa shape index (κ1) is 8.94. The number of hydrogen-bond acceptors (Lipinski definition) is 3. The van der Waals surface area contributed by atoms with E-state index < -0.39 is 0 Å². The van der Waals surface area contributed by atoms with E-state index in [4.69, 9.17) is 4.74 Å². The van der Waals surface area contributed by atoms with E-state index in [1.165, 1.54) is 0 Å². The van der Waals surface area contributed by atoms with E-state index in [1.807, 2.05) is 19.1 Å². The molecule has 0 bridgehead atoms. The van der Waals surface area contributed by atoms with Gasteiger partial charge in [-0.15, -0.1) is 0 Å². The number of nitrogens with zero attached hydrogens (tertiary/aromatic N) is 1. The minimum Gasteiger partial charge on any atom is -0.472 e. The van der Waals surface area contributed by atoms with Crippen LogP contribution in [0, 0.1) is 0 Å². The lowest BCUT2D eigenvalue weighted by molar-refractivity contribution is 0.112. The standard InChI is InChI=1S/C11H11NO2/c1-8-6-12-11(14-8)10-4-2-9(7-13)3-5-10/h2-5,7-8H,6H2,1H3/t8-/m1/s1. The van der Waals surface area contributed by atoms with Crippen LogP contribution in [0.3, 0.4) is 0 Å². The molecule has 1 heterocycles. The number of rotatable bonds is 2. The molecule has 0 aliphatic carbocycles. The number of benzene rings is 1. The van der Waals surface area contributed by atoms with Gasteiger partial charge < -0.3 is 4.74 Å². The fourth-order valence-electron chi connectivity index (χ4n) is 1.34. The van der Waals surface area contributed by atoms with E-state index in [1.54, 1.807) is 12.1 Å². The van der Waals surface area contributed by atoms with Crippen molar-refractivity contribution in [2.75, 3.05) is 6.54 Å². The first-order valence-electron chi connectivity index (χ1n) is 4.56. The van der Waals surface area contributed by atoms with Crippen LogP contribution in [-0.2, 0) is 4.74 Å². The van der Waals surface area contributed by atoms with Gasteiger partial charge in [-0.2, -0.15) is 0 Å². The fourth-order valence-corrected chi connectivity index (χ4v) is 1.34. The van der Waals surface area contributed by atoms with Crippen LogP contribution in [-0.4, -0.2) is 24.8 Å². The lowest BCUT2D eigenvalue weighted by Gasteiger charge is -2.05. The van der Waals surface area contributed by atoms with Crippen molar-refractivity contribution in [1.82, 2.24) is 0 Å². The Bertz CT molecular complexity index is 367. The first-order valence-corrected chi connectivity index (χ1v) is 4.56. The summed E-state index contributed by atoms with van der Waals surface area (Å²) in [5.41, 5.74) is 1.60. The van der Waals surface area contributed by atoms with E-state index in [0.29, 0.717) is 18.0 Å². The second-order valence-corrected chi connectivity index (χ2v) is 3.31. The summed E-state index contributed by atoms with van der Waals surface area (Å²) in [5.74, 6) is 0.676. The normalized spacial score (nSPS) is 20.1. The lowest BCUT2D eigenvalue weighted by atomic mass is 10.1. The van der Waals surface area contributed by atoms with E-state index >= 15 is 0 Å². The summed E-state index contributed by atoms with van der Waals surface area (Å²) in [6.45, 7) is 2.70. The molecular formula is C11H11NO2. The average molecular weight is 189 g/mol. The zero-order valence-electron chi connectivity index (χ0n) is 7.93. The van der Waals surface area contributed by atoms with Gasteiger partial charge in [0, 0.05) is 11.1 Å². The van der Waals surface area contributed by atoms with Crippen LogP contribution in [0.15, 0.2) is 29.3 Å². The highest BCUT2D eigenvalue weighted by molar-refractivity contribution is 5.95.